The molecule has 9 nitrogen and oxygen atoms in total. The van der Waals surface area contributed by atoms with Crippen LogP contribution in [0.3, 0.4) is 0 Å². The first-order chi connectivity index (χ1) is 25.5. The van der Waals surface area contributed by atoms with Gasteiger partial charge in [0.05, 0.1) is 27.7 Å². The molecule has 0 saturated carbocycles. The van der Waals surface area contributed by atoms with Gasteiger partial charge in [-0.1, -0.05) is 154 Å². The SMILES string of the molecule is CCCCC/C=C/C/C=C/CCCCCCCCCCCC(=O)O[C@H](COC(=O)CCCCCCCCCCCC)COP(=O)(O)OCC[N+](C)(C)C. The second kappa shape index (κ2) is 36.1. The van der Waals surface area contributed by atoms with E-state index in [-0.39, 0.29) is 25.6 Å². The monoisotopic (exact) mass is 773 g/mol. The van der Waals surface area contributed by atoms with Crippen LogP contribution in [0, 0.1) is 0 Å². The number of phosphoric acid groups is 1. The normalized spacial score (nSPS) is 13.8. The molecule has 10 heteroatoms. The summed E-state index contributed by atoms with van der Waals surface area (Å²) in [6, 6.07) is 0. The Kier molecular flexibility index (Phi) is 35.1. The maximum absolute atomic E-state index is 12.7. The third kappa shape index (κ3) is 40.0. The Morgan fingerprint density at radius 2 is 1.02 bits per heavy atom. The highest BCUT2D eigenvalue weighted by Gasteiger charge is 2.27. The lowest BCUT2D eigenvalue weighted by molar-refractivity contribution is -0.870. The van der Waals surface area contributed by atoms with Crippen molar-refractivity contribution < 1.29 is 42.1 Å². The van der Waals surface area contributed by atoms with Crippen LogP contribution in [0.2, 0.25) is 0 Å². The number of phosphoric ester groups is 1. The molecular formula is C43H83NO8P+. The second-order valence-electron chi connectivity index (χ2n) is 15.7. The van der Waals surface area contributed by atoms with Crippen LogP contribution >= 0.6 is 7.82 Å². The maximum Gasteiger partial charge on any atom is 0.472 e. The fourth-order valence-corrected chi connectivity index (χ4v) is 6.55. The van der Waals surface area contributed by atoms with E-state index in [1.54, 1.807) is 0 Å². The number of unbranched alkanes of at least 4 members (excludes halogenated alkanes) is 21. The van der Waals surface area contributed by atoms with E-state index < -0.39 is 26.5 Å². The first-order valence-corrected chi connectivity index (χ1v) is 23.1. The molecule has 0 amide bonds. The number of nitrogens with zero attached hydrogens (tertiary/aromatic N) is 1. The van der Waals surface area contributed by atoms with Gasteiger partial charge in [0.15, 0.2) is 6.10 Å². The van der Waals surface area contributed by atoms with Crippen LogP contribution in [0.4, 0.5) is 0 Å². The Labute approximate surface area is 326 Å². The lowest BCUT2D eigenvalue weighted by atomic mass is 10.1. The van der Waals surface area contributed by atoms with Gasteiger partial charge in [-0.15, -0.1) is 0 Å². The Morgan fingerprint density at radius 1 is 0.585 bits per heavy atom. The number of likely N-dealkylation sites (N-methyl/N-ethyl adjacent to an activating group) is 1. The quantitative estimate of drug-likeness (QED) is 0.0216. The highest BCUT2D eigenvalue weighted by atomic mass is 31.2. The van der Waals surface area contributed by atoms with Crippen molar-refractivity contribution in [1.29, 1.82) is 0 Å². The molecule has 53 heavy (non-hydrogen) atoms. The summed E-state index contributed by atoms with van der Waals surface area (Å²) in [5, 5.41) is 0. The van der Waals surface area contributed by atoms with Gasteiger partial charge in [-0.05, 0) is 44.9 Å². The van der Waals surface area contributed by atoms with Crippen LogP contribution in [0.1, 0.15) is 187 Å². The first-order valence-electron chi connectivity index (χ1n) is 21.6. The van der Waals surface area contributed by atoms with Crippen molar-refractivity contribution in [3.8, 4) is 0 Å². The zero-order valence-electron chi connectivity index (χ0n) is 35.0. The molecule has 0 heterocycles. The summed E-state index contributed by atoms with van der Waals surface area (Å²) in [5.74, 6) is -0.801. The van der Waals surface area contributed by atoms with Crippen LogP contribution < -0.4 is 0 Å². The summed E-state index contributed by atoms with van der Waals surface area (Å²) >= 11 is 0. The number of hydrogen-bond donors (Lipinski definition) is 1. The van der Waals surface area contributed by atoms with Gasteiger partial charge in [0.25, 0.3) is 0 Å². The largest absolute Gasteiger partial charge is 0.472 e. The van der Waals surface area contributed by atoms with E-state index in [1.807, 2.05) is 21.1 Å². The molecule has 0 aromatic heterocycles. The van der Waals surface area contributed by atoms with Gasteiger partial charge in [-0.3, -0.25) is 18.6 Å². The van der Waals surface area contributed by atoms with E-state index in [9.17, 15) is 19.0 Å². The summed E-state index contributed by atoms with van der Waals surface area (Å²) in [7, 11) is 1.48. The van der Waals surface area contributed by atoms with Crippen LogP contribution in [0.5, 0.6) is 0 Å². The van der Waals surface area contributed by atoms with Crippen LogP contribution in [-0.2, 0) is 32.7 Å². The van der Waals surface area contributed by atoms with Crippen molar-refractivity contribution in [2.45, 2.75) is 193 Å². The summed E-state index contributed by atoms with van der Waals surface area (Å²) in [4.78, 5) is 35.3. The molecule has 0 fully saturated rings. The third-order valence-corrected chi connectivity index (χ3v) is 10.2. The van der Waals surface area contributed by atoms with Gasteiger partial charge >= 0.3 is 19.8 Å². The number of ether oxygens (including phenoxy) is 2. The molecular weight excluding hydrogens is 689 g/mol. The van der Waals surface area contributed by atoms with Crippen molar-refractivity contribution >= 4 is 19.8 Å². The number of rotatable bonds is 39. The van der Waals surface area contributed by atoms with Crippen LogP contribution in [0.25, 0.3) is 0 Å². The number of quaternary nitrogens is 1. The molecule has 0 aliphatic rings. The van der Waals surface area contributed by atoms with E-state index in [1.165, 1.54) is 109 Å². The van der Waals surface area contributed by atoms with Gasteiger partial charge in [-0.25, -0.2) is 4.57 Å². The number of esters is 2. The van der Waals surface area contributed by atoms with Gasteiger partial charge in [-0.2, -0.15) is 0 Å². The fraction of sp³-hybridized carbons (Fsp3) is 0.860. The van der Waals surface area contributed by atoms with Gasteiger partial charge in [0, 0.05) is 12.8 Å². The lowest BCUT2D eigenvalue weighted by Gasteiger charge is -2.24. The number of allylic oxidation sites excluding steroid dienone is 4. The van der Waals surface area contributed by atoms with Crippen molar-refractivity contribution in [3.63, 3.8) is 0 Å². The van der Waals surface area contributed by atoms with E-state index in [2.05, 4.69) is 38.2 Å². The topological polar surface area (TPSA) is 108 Å². The van der Waals surface area contributed by atoms with Crippen molar-refractivity contribution in [3.05, 3.63) is 24.3 Å². The van der Waals surface area contributed by atoms with Crippen molar-refractivity contribution in [2.75, 3.05) is 47.5 Å². The van der Waals surface area contributed by atoms with E-state index in [0.717, 1.165) is 44.9 Å². The van der Waals surface area contributed by atoms with Crippen LogP contribution in [-0.4, -0.2) is 74.9 Å². The number of carbonyl (C=O) groups is 2. The molecule has 0 aliphatic heterocycles. The second-order valence-corrected chi connectivity index (χ2v) is 17.2. The zero-order valence-corrected chi connectivity index (χ0v) is 35.9. The highest BCUT2D eigenvalue weighted by molar-refractivity contribution is 7.47. The van der Waals surface area contributed by atoms with E-state index in [4.69, 9.17) is 18.5 Å². The average Bonchev–Trinajstić information content (AvgIpc) is 3.10. The zero-order chi connectivity index (χ0) is 39.3. The third-order valence-electron chi connectivity index (χ3n) is 9.23. The summed E-state index contributed by atoms with van der Waals surface area (Å²) in [5.41, 5.74) is 0. The number of hydrogen-bond acceptors (Lipinski definition) is 7. The first kappa shape index (κ1) is 51.5. The molecule has 0 saturated heterocycles. The molecule has 0 spiro atoms. The molecule has 0 aromatic rings. The minimum Gasteiger partial charge on any atom is -0.462 e. The summed E-state index contributed by atoms with van der Waals surface area (Å²) in [6.07, 6.45) is 37.9. The molecule has 0 radical (unpaired) electrons. The minimum atomic E-state index is -4.37. The molecule has 0 bridgehead atoms. The molecule has 1 unspecified atom stereocenters. The molecule has 1 N–H and O–H groups in total. The standard InChI is InChI=1S/C43H82NO8P/c1-6-8-10-12-14-16-18-19-20-21-22-23-24-25-26-28-30-32-34-36-43(46)52-41(40-51-53(47,48)50-38-37-44(3,4)5)39-49-42(45)35-33-31-29-27-17-15-13-11-9-7-2/h14,16,19-20,41H,6-13,15,17-18,21-40H2,1-5H3/p+1/b16-14+,20-19+/t41-/m1/s1. The van der Waals surface area contributed by atoms with Crippen molar-refractivity contribution in [1.82, 2.24) is 0 Å². The lowest BCUT2D eigenvalue weighted by Crippen LogP contribution is -2.37. The average molecular weight is 773 g/mol. The van der Waals surface area contributed by atoms with Gasteiger partial charge in [0.1, 0.15) is 19.8 Å². The summed E-state index contributed by atoms with van der Waals surface area (Å²) < 4.78 is 34.2. The van der Waals surface area contributed by atoms with Crippen LogP contribution in [0.15, 0.2) is 24.3 Å². The molecule has 2 atom stereocenters. The Bertz CT molecular complexity index is 964. The molecule has 0 aliphatic carbocycles. The Hall–Kier alpha value is -1.51. The van der Waals surface area contributed by atoms with Gasteiger partial charge in [0.2, 0.25) is 0 Å². The van der Waals surface area contributed by atoms with Gasteiger partial charge < -0.3 is 18.9 Å². The predicted octanol–water partition coefficient (Wildman–Crippen LogP) is 12.0. The highest BCUT2D eigenvalue weighted by Crippen LogP contribution is 2.43. The summed E-state index contributed by atoms with van der Waals surface area (Å²) in [6.45, 7) is 4.38. The maximum atomic E-state index is 12.7. The molecule has 0 aromatic carbocycles. The fourth-order valence-electron chi connectivity index (χ4n) is 5.81. The van der Waals surface area contributed by atoms with E-state index >= 15 is 0 Å². The van der Waals surface area contributed by atoms with Crippen molar-refractivity contribution in [2.24, 2.45) is 0 Å². The smallest absolute Gasteiger partial charge is 0.462 e. The molecule has 0 rings (SSSR count). The Balaban J connectivity index is 4.31. The number of carbonyl (C=O) groups excluding carboxylic acids is 2. The molecule has 312 valence electrons. The van der Waals surface area contributed by atoms with E-state index in [0.29, 0.717) is 23.9 Å². The predicted molar refractivity (Wildman–Crippen MR) is 220 cm³/mol. The Morgan fingerprint density at radius 3 is 1.53 bits per heavy atom. The minimum absolute atomic E-state index is 0.0325.